The van der Waals surface area contributed by atoms with E-state index in [1.54, 1.807) is 18.2 Å². The van der Waals surface area contributed by atoms with Gasteiger partial charge < -0.3 is 9.64 Å². The number of carbonyl (C=O) groups excluding carboxylic acids is 1. The second-order valence-corrected chi connectivity index (χ2v) is 14.2. The molecule has 2 saturated heterocycles. The van der Waals surface area contributed by atoms with Gasteiger partial charge in [0, 0.05) is 22.7 Å². The van der Waals surface area contributed by atoms with Crippen molar-refractivity contribution >= 4 is 38.3 Å². The fraction of sp³-hybridized carbons (Fsp3) is 0.469. The van der Waals surface area contributed by atoms with Gasteiger partial charge in [-0.3, -0.25) is 4.79 Å². The SMILES string of the molecule is CC1CC2CCC(C1)N2C(=O)C(NS(=O)(=O)c1ccc2cc(OC3CCCC3)ccc2c1)C(F)(F)c1ccc(Cl)cc1. The van der Waals surface area contributed by atoms with Crippen molar-refractivity contribution in [3.63, 3.8) is 0 Å². The highest BCUT2D eigenvalue weighted by Gasteiger charge is 2.53. The maximum absolute atomic E-state index is 16.2. The zero-order chi connectivity index (χ0) is 29.6. The van der Waals surface area contributed by atoms with Crippen LogP contribution in [0, 0.1) is 5.92 Å². The number of piperidine rings is 1. The number of halogens is 3. The number of hydrogen-bond acceptors (Lipinski definition) is 4. The molecule has 3 aromatic rings. The molecule has 3 unspecified atom stereocenters. The van der Waals surface area contributed by atoms with Gasteiger partial charge in [0.1, 0.15) is 5.75 Å². The van der Waals surface area contributed by atoms with Crippen molar-refractivity contribution in [1.82, 2.24) is 9.62 Å². The molecule has 3 atom stereocenters. The van der Waals surface area contributed by atoms with Crippen molar-refractivity contribution in [3.05, 3.63) is 71.2 Å². The number of hydrogen-bond donors (Lipinski definition) is 1. The molecule has 0 aromatic heterocycles. The van der Waals surface area contributed by atoms with Crippen molar-refractivity contribution in [2.24, 2.45) is 5.92 Å². The van der Waals surface area contributed by atoms with E-state index in [2.05, 4.69) is 11.6 Å². The Labute approximate surface area is 250 Å². The van der Waals surface area contributed by atoms with Crippen LogP contribution in [0.25, 0.3) is 10.8 Å². The van der Waals surface area contributed by atoms with Crippen LogP contribution in [0.4, 0.5) is 8.78 Å². The van der Waals surface area contributed by atoms with E-state index in [0.717, 1.165) is 56.0 Å². The first-order valence-electron chi connectivity index (χ1n) is 14.7. The summed E-state index contributed by atoms with van der Waals surface area (Å²) in [7, 11) is -4.52. The first-order valence-corrected chi connectivity index (χ1v) is 16.6. The molecule has 1 N–H and O–H groups in total. The minimum Gasteiger partial charge on any atom is -0.490 e. The average molecular weight is 617 g/mol. The Hall–Kier alpha value is -2.75. The number of nitrogens with zero attached hydrogens (tertiary/aromatic N) is 1. The molecule has 10 heteroatoms. The average Bonchev–Trinajstić information content (AvgIpc) is 3.56. The Morgan fingerprint density at radius 2 is 1.57 bits per heavy atom. The Kier molecular flexibility index (Phi) is 7.96. The van der Waals surface area contributed by atoms with E-state index in [1.165, 1.54) is 29.2 Å². The molecule has 2 heterocycles. The van der Waals surface area contributed by atoms with Gasteiger partial charge in [0.2, 0.25) is 15.9 Å². The highest BCUT2D eigenvalue weighted by Crippen LogP contribution is 2.42. The van der Waals surface area contributed by atoms with Gasteiger partial charge in [0.15, 0.2) is 6.04 Å². The van der Waals surface area contributed by atoms with Crippen LogP contribution >= 0.6 is 11.6 Å². The van der Waals surface area contributed by atoms with Gasteiger partial charge in [-0.15, -0.1) is 0 Å². The molecule has 0 radical (unpaired) electrons. The van der Waals surface area contributed by atoms with E-state index < -0.39 is 33.5 Å². The molecule has 0 spiro atoms. The third-order valence-electron chi connectivity index (χ3n) is 9.03. The maximum atomic E-state index is 16.2. The van der Waals surface area contributed by atoms with Crippen LogP contribution in [0.15, 0.2) is 65.6 Å². The van der Waals surface area contributed by atoms with E-state index in [9.17, 15) is 13.2 Å². The summed E-state index contributed by atoms with van der Waals surface area (Å²) in [5.74, 6) is -3.64. The summed E-state index contributed by atoms with van der Waals surface area (Å²) in [6, 6.07) is 12.0. The highest BCUT2D eigenvalue weighted by atomic mass is 35.5. The largest absolute Gasteiger partial charge is 0.490 e. The first-order chi connectivity index (χ1) is 20.0. The fourth-order valence-electron chi connectivity index (χ4n) is 6.94. The topological polar surface area (TPSA) is 75.7 Å². The lowest BCUT2D eigenvalue weighted by Gasteiger charge is -2.41. The molecule has 2 aliphatic heterocycles. The van der Waals surface area contributed by atoms with Crippen LogP contribution in [0.1, 0.15) is 63.9 Å². The number of fused-ring (bicyclic) bond motifs is 3. The number of nitrogens with one attached hydrogen (secondary N) is 1. The monoisotopic (exact) mass is 616 g/mol. The van der Waals surface area contributed by atoms with E-state index in [0.29, 0.717) is 29.9 Å². The van der Waals surface area contributed by atoms with Gasteiger partial charge in [0.05, 0.1) is 11.0 Å². The van der Waals surface area contributed by atoms with Crippen molar-refractivity contribution in [2.45, 2.75) is 93.3 Å². The molecule has 6 rings (SSSR count). The van der Waals surface area contributed by atoms with Crippen molar-refractivity contribution < 1.29 is 26.7 Å². The smallest absolute Gasteiger partial charge is 0.298 e. The van der Waals surface area contributed by atoms with Crippen molar-refractivity contribution in [1.29, 1.82) is 0 Å². The quantitative estimate of drug-likeness (QED) is 0.294. The van der Waals surface area contributed by atoms with Crippen LogP contribution in [0.5, 0.6) is 5.75 Å². The van der Waals surface area contributed by atoms with E-state index in [1.807, 2.05) is 6.07 Å². The third-order valence-corrected chi connectivity index (χ3v) is 10.7. The lowest BCUT2D eigenvalue weighted by Crippen LogP contribution is -2.59. The normalized spacial score (nSPS) is 23.8. The number of alkyl halides is 2. The van der Waals surface area contributed by atoms with Crippen molar-refractivity contribution in [3.8, 4) is 5.75 Å². The van der Waals surface area contributed by atoms with E-state index in [-0.39, 0.29) is 28.1 Å². The minimum absolute atomic E-state index is 0.180. The molecule has 6 nitrogen and oxygen atoms in total. The molecule has 3 fully saturated rings. The zero-order valence-electron chi connectivity index (χ0n) is 23.4. The standard InChI is InChI=1S/C32H35ClF2N2O4S/c1-20-16-25-12-13-26(17-20)37(25)31(38)30(32(34,35)23-8-10-24(33)11-9-23)36-42(39,40)29-15-7-21-18-28(14-6-22(21)19-29)41-27-4-2-3-5-27/h6-11,14-15,18-20,25-27,30,36H,2-5,12-13,16-17H2,1H3. The number of rotatable bonds is 8. The second-order valence-electron chi connectivity index (χ2n) is 12.1. The van der Waals surface area contributed by atoms with Crippen LogP contribution < -0.4 is 9.46 Å². The number of amides is 1. The molecule has 3 aliphatic rings. The van der Waals surface area contributed by atoms with Crippen LogP contribution in [0.2, 0.25) is 5.02 Å². The summed E-state index contributed by atoms with van der Waals surface area (Å²) in [6.45, 7) is 2.10. The van der Waals surface area contributed by atoms with Crippen LogP contribution in [0.3, 0.4) is 0 Å². The van der Waals surface area contributed by atoms with Gasteiger partial charge in [0.25, 0.3) is 5.92 Å². The van der Waals surface area contributed by atoms with Gasteiger partial charge in [-0.2, -0.15) is 13.5 Å². The Balaban J connectivity index is 1.31. The molecular formula is C32H35ClF2N2O4S. The van der Waals surface area contributed by atoms with Crippen LogP contribution in [-0.4, -0.2) is 43.5 Å². The molecule has 42 heavy (non-hydrogen) atoms. The lowest BCUT2D eigenvalue weighted by atomic mass is 9.91. The number of ether oxygens (including phenoxy) is 1. The Morgan fingerprint density at radius 3 is 2.24 bits per heavy atom. The summed E-state index contributed by atoms with van der Waals surface area (Å²) in [4.78, 5) is 15.3. The van der Waals surface area contributed by atoms with Gasteiger partial charge in [-0.05, 0) is 104 Å². The Bertz CT molecular complexity index is 1560. The second kappa shape index (κ2) is 11.4. The number of carbonyl (C=O) groups is 1. The number of sulfonamides is 1. The van der Waals surface area contributed by atoms with E-state index in [4.69, 9.17) is 16.3 Å². The summed E-state index contributed by atoms with van der Waals surface area (Å²) >= 11 is 5.93. The number of benzene rings is 3. The Morgan fingerprint density at radius 1 is 0.952 bits per heavy atom. The van der Waals surface area contributed by atoms with Gasteiger partial charge in [-0.1, -0.05) is 42.8 Å². The predicted octanol–water partition coefficient (Wildman–Crippen LogP) is 7.04. The molecule has 1 aliphatic carbocycles. The third kappa shape index (κ3) is 5.75. The summed E-state index contributed by atoms with van der Waals surface area (Å²) < 4.78 is 67.9. The van der Waals surface area contributed by atoms with E-state index >= 15 is 8.78 Å². The predicted molar refractivity (Wildman–Crippen MR) is 158 cm³/mol. The molecule has 1 saturated carbocycles. The molecule has 2 bridgehead atoms. The molecule has 224 valence electrons. The fourth-order valence-corrected chi connectivity index (χ4v) is 8.29. The molecule has 1 amide bonds. The zero-order valence-corrected chi connectivity index (χ0v) is 25.0. The molecule has 3 aromatic carbocycles. The summed E-state index contributed by atoms with van der Waals surface area (Å²) in [5, 5.41) is 1.64. The van der Waals surface area contributed by atoms with Crippen LogP contribution in [-0.2, 0) is 20.7 Å². The first kappa shape index (κ1) is 29.3. The summed E-state index contributed by atoms with van der Waals surface area (Å²) in [5.41, 5.74) is -0.487. The van der Waals surface area contributed by atoms with Gasteiger partial charge >= 0.3 is 0 Å². The van der Waals surface area contributed by atoms with Crippen molar-refractivity contribution in [2.75, 3.05) is 0 Å². The highest BCUT2D eigenvalue weighted by molar-refractivity contribution is 7.89. The maximum Gasteiger partial charge on any atom is 0.298 e. The molecular weight excluding hydrogens is 582 g/mol. The minimum atomic E-state index is -4.52. The van der Waals surface area contributed by atoms with Gasteiger partial charge in [-0.25, -0.2) is 8.42 Å². The summed E-state index contributed by atoms with van der Waals surface area (Å²) in [6.07, 6.45) is 7.38. The lowest BCUT2D eigenvalue weighted by molar-refractivity contribution is -0.149.